The highest BCUT2D eigenvalue weighted by atomic mass is 79.9. The maximum atomic E-state index is 12.5. The largest absolute Gasteiger partial charge is 0.466 e. The van der Waals surface area contributed by atoms with Crippen LogP contribution in [0.5, 0.6) is 0 Å². The summed E-state index contributed by atoms with van der Waals surface area (Å²) < 4.78 is 5.92. The molecule has 1 atom stereocenters. The molecule has 7 nitrogen and oxygen atoms in total. The van der Waals surface area contributed by atoms with E-state index in [2.05, 4.69) is 26.7 Å². The summed E-state index contributed by atoms with van der Waals surface area (Å²) in [5, 5.41) is 3.18. The van der Waals surface area contributed by atoms with Crippen LogP contribution in [0.15, 0.2) is 51.6 Å². The quantitative estimate of drug-likeness (QED) is 0.801. The Balaban J connectivity index is 1.83. The Kier molecular flexibility index (Phi) is 3.69. The fourth-order valence-electron chi connectivity index (χ4n) is 2.27. The molecule has 4 amide bonds. The lowest BCUT2D eigenvalue weighted by molar-refractivity contribution is -0.133. The SMILES string of the molecule is C[C@@]1(c2ccco2)NC(=O)N(NC(=O)c2cccc(Br)c2)C1=O. The van der Waals surface area contributed by atoms with Crippen LogP contribution in [0.4, 0.5) is 4.79 Å². The minimum absolute atomic E-state index is 0.287. The van der Waals surface area contributed by atoms with Gasteiger partial charge in [0.25, 0.3) is 11.8 Å². The number of carbonyl (C=O) groups is 3. The molecule has 2 N–H and O–H groups in total. The number of imide groups is 1. The van der Waals surface area contributed by atoms with Crippen molar-refractivity contribution >= 4 is 33.8 Å². The third-order valence-corrected chi connectivity index (χ3v) is 4.00. The average Bonchev–Trinajstić information content (AvgIpc) is 3.12. The van der Waals surface area contributed by atoms with Crippen LogP contribution in [0.2, 0.25) is 0 Å². The van der Waals surface area contributed by atoms with Crippen LogP contribution in [0.25, 0.3) is 0 Å². The van der Waals surface area contributed by atoms with E-state index in [1.807, 2.05) is 0 Å². The summed E-state index contributed by atoms with van der Waals surface area (Å²) in [4.78, 5) is 36.8. The first-order valence-corrected chi connectivity index (χ1v) is 7.48. The van der Waals surface area contributed by atoms with Crippen LogP contribution in [0.1, 0.15) is 23.0 Å². The highest BCUT2D eigenvalue weighted by Gasteiger charge is 2.52. The summed E-state index contributed by atoms with van der Waals surface area (Å²) in [6.45, 7) is 1.51. The van der Waals surface area contributed by atoms with Crippen molar-refractivity contribution in [3.8, 4) is 0 Å². The third kappa shape index (κ3) is 2.61. The van der Waals surface area contributed by atoms with Gasteiger partial charge in [-0.1, -0.05) is 22.0 Å². The second-order valence-electron chi connectivity index (χ2n) is 5.12. The molecule has 2 aromatic rings. The van der Waals surface area contributed by atoms with Gasteiger partial charge in [-0.25, -0.2) is 4.79 Å². The summed E-state index contributed by atoms with van der Waals surface area (Å²) in [5.41, 5.74) is 1.26. The number of hydrazine groups is 1. The molecule has 23 heavy (non-hydrogen) atoms. The first-order chi connectivity index (χ1) is 10.9. The van der Waals surface area contributed by atoms with Gasteiger partial charge in [-0.15, -0.1) is 0 Å². The lowest BCUT2D eigenvalue weighted by Crippen LogP contribution is -2.47. The number of nitrogens with zero attached hydrogens (tertiary/aromatic N) is 1. The van der Waals surface area contributed by atoms with Crippen LogP contribution in [-0.4, -0.2) is 22.9 Å². The Morgan fingerprint density at radius 2 is 2.09 bits per heavy atom. The Morgan fingerprint density at radius 1 is 1.30 bits per heavy atom. The van der Waals surface area contributed by atoms with E-state index in [1.54, 1.807) is 36.4 Å². The van der Waals surface area contributed by atoms with E-state index in [1.165, 1.54) is 13.2 Å². The van der Waals surface area contributed by atoms with E-state index in [0.29, 0.717) is 15.0 Å². The second-order valence-corrected chi connectivity index (χ2v) is 6.04. The first kappa shape index (κ1) is 15.3. The lowest BCUT2D eigenvalue weighted by atomic mass is 10.00. The van der Waals surface area contributed by atoms with Crippen molar-refractivity contribution in [1.29, 1.82) is 0 Å². The normalized spacial score (nSPS) is 20.5. The van der Waals surface area contributed by atoms with Gasteiger partial charge in [0.2, 0.25) is 0 Å². The number of nitrogens with one attached hydrogen (secondary N) is 2. The summed E-state index contributed by atoms with van der Waals surface area (Å²) >= 11 is 3.26. The van der Waals surface area contributed by atoms with E-state index >= 15 is 0 Å². The molecule has 1 aliphatic rings. The van der Waals surface area contributed by atoms with E-state index in [-0.39, 0.29) is 5.76 Å². The molecule has 0 unspecified atom stereocenters. The molecule has 0 saturated carbocycles. The number of hydrogen-bond acceptors (Lipinski definition) is 4. The molecule has 1 aromatic carbocycles. The molecule has 0 radical (unpaired) electrons. The minimum atomic E-state index is -1.36. The monoisotopic (exact) mass is 377 g/mol. The maximum Gasteiger partial charge on any atom is 0.344 e. The van der Waals surface area contributed by atoms with Crippen LogP contribution in [0.3, 0.4) is 0 Å². The van der Waals surface area contributed by atoms with E-state index < -0.39 is 23.4 Å². The molecule has 2 heterocycles. The van der Waals surface area contributed by atoms with Gasteiger partial charge in [0, 0.05) is 10.0 Å². The zero-order valence-corrected chi connectivity index (χ0v) is 13.6. The summed E-state index contributed by atoms with van der Waals surface area (Å²) in [7, 11) is 0. The number of benzene rings is 1. The molecule has 1 aromatic heterocycles. The summed E-state index contributed by atoms with van der Waals surface area (Å²) in [6, 6.07) is 9.07. The van der Waals surface area contributed by atoms with Crippen molar-refractivity contribution in [2.24, 2.45) is 0 Å². The van der Waals surface area contributed by atoms with Crippen molar-refractivity contribution in [2.45, 2.75) is 12.5 Å². The van der Waals surface area contributed by atoms with Crippen molar-refractivity contribution in [2.75, 3.05) is 0 Å². The molecule has 1 aliphatic heterocycles. The number of hydrogen-bond donors (Lipinski definition) is 2. The number of amides is 4. The molecular formula is C15H12BrN3O4. The van der Waals surface area contributed by atoms with Gasteiger partial charge in [-0.05, 0) is 37.3 Å². The third-order valence-electron chi connectivity index (χ3n) is 3.50. The van der Waals surface area contributed by atoms with Crippen LogP contribution >= 0.6 is 15.9 Å². The van der Waals surface area contributed by atoms with Gasteiger partial charge in [-0.2, -0.15) is 5.01 Å². The van der Waals surface area contributed by atoms with Gasteiger partial charge < -0.3 is 9.73 Å². The number of urea groups is 1. The topological polar surface area (TPSA) is 91.7 Å². The Hall–Kier alpha value is -2.61. The molecular weight excluding hydrogens is 366 g/mol. The first-order valence-electron chi connectivity index (χ1n) is 6.69. The highest BCUT2D eigenvalue weighted by molar-refractivity contribution is 9.10. The van der Waals surface area contributed by atoms with Crippen LogP contribution < -0.4 is 10.7 Å². The molecule has 1 saturated heterocycles. The van der Waals surface area contributed by atoms with Gasteiger partial charge in [0.05, 0.1) is 6.26 Å². The molecule has 0 spiro atoms. The molecule has 8 heteroatoms. The second kappa shape index (κ2) is 5.54. The van der Waals surface area contributed by atoms with Gasteiger partial charge in [0.1, 0.15) is 5.76 Å². The average molecular weight is 378 g/mol. The van der Waals surface area contributed by atoms with Crippen LogP contribution in [-0.2, 0) is 10.3 Å². The molecule has 118 valence electrons. The van der Waals surface area contributed by atoms with Crippen molar-refractivity contribution in [3.05, 3.63) is 58.5 Å². The Morgan fingerprint density at radius 3 is 2.74 bits per heavy atom. The van der Waals surface area contributed by atoms with Gasteiger partial charge >= 0.3 is 6.03 Å². The molecule has 0 aliphatic carbocycles. The van der Waals surface area contributed by atoms with Crippen LogP contribution in [0, 0.1) is 0 Å². The Bertz CT molecular complexity index is 790. The number of carbonyl (C=O) groups excluding carboxylic acids is 3. The van der Waals surface area contributed by atoms with Gasteiger partial charge in [-0.3, -0.25) is 15.0 Å². The van der Waals surface area contributed by atoms with E-state index in [0.717, 1.165) is 0 Å². The molecule has 0 bridgehead atoms. The Labute approximate surface area is 139 Å². The fourth-order valence-corrected chi connectivity index (χ4v) is 2.67. The summed E-state index contributed by atoms with van der Waals surface area (Å²) in [6.07, 6.45) is 1.41. The predicted molar refractivity (Wildman–Crippen MR) is 83.0 cm³/mol. The standard InChI is InChI=1S/C15H12BrN3O4/c1-15(11-6-3-7-23-11)13(21)19(14(22)17-15)18-12(20)9-4-2-5-10(16)8-9/h2-8H,1H3,(H,17,22)(H,18,20)/t15-/m0/s1. The molecule has 1 fully saturated rings. The van der Waals surface area contributed by atoms with E-state index in [4.69, 9.17) is 4.42 Å². The van der Waals surface area contributed by atoms with E-state index in [9.17, 15) is 14.4 Å². The van der Waals surface area contributed by atoms with Gasteiger partial charge in [0.15, 0.2) is 5.54 Å². The fraction of sp³-hybridized carbons (Fsp3) is 0.133. The zero-order chi connectivity index (χ0) is 16.6. The van der Waals surface area contributed by atoms with Crippen molar-refractivity contribution in [1.82, 2.24) is 15.8 Å². The predicted octanol–water partition coefficient (Wildman–Crippen LogP) is 2.15. The smallest absolute Gasteiger partial charge is 0.344 e. The number of rotatable bonds is 3. The highest BCUT2D eigenvalue weighted by Crippen LogP contribution is 2.28. The number of furan rings is 1. The maximum absolute atomic E-state index is 12.5. The summed E-state index contributed by atoms with van der Waals surface area (Å²) in [5.74, 6) is -0.908. The number of halogens is 1. The van der Waals surface area contributed by atoms with Crippen molar-refractivity contribution < 1.29 is 18.8 Å². The molecule has 3 rings (SSSR count). The lowest BCUT2D eigenvalue weighted by Gasteiger charge is -2.19. The van der Waals surface area contributed by atoms with Crippen molar-refractivity contribution in [3.63, 3.8) is 0 Å². The minimum Gasteiger partial charge on any atom is -0.466 e. The zero-order valence-electron chi connectivity index (χ0n) is 12.0.